The van der Waals surface area contributed by atoms with Crippen LogP contribution in [0.15, 0.2) is 0 Å². The zero-order chi connectivity index (χ0) is 50.8. The summed E-state index contributed by atoms with van der Waals surface area (Å²) in [6.07, 6.45) is -14.3. The van der Waals surface area contributed by atoms with Crippen molar-refractivity contribution in [3.8, 4) is 0 Å². The summed E-state index contributed by atoms with van der Waals surface area (Å²) in [7, 11) is 7.10. The number of ether oxygens (including phenoxy) is 17. The molecule has 20 atom stereocenters. The van der Waals surface area contributed by atoms with E-state index in [1.165, 1.54) is 35.5 Å². The molecule has 8 rings (SSSR count). The first-order valence-corrected chi connectivity index (χ1v) is 23.7. The lowest BCUT2D eigenvalue weighted by Gasteiger charge is -2.34. The normalized spacial score (nSPS) is 40.9. The van der Waals surface area contributed by atoms with E-state index in [1.807, 2.05) is 0 Å². The van der Waals surface area contributed by atoms with E-state index in [0.29, 0.717) is 0 Å². The van der Waals surface area contributed by atoms with E-state index in [0.717, 1.165) is 0 Å². The van der Waals surface area contributed by atoms with Crippen molar-refractivity contribution in [2.75, 3.05) is 35.5 Å². The number of carbonyl (C=O) groups is 4. The molecule has 3 amide bonds. The van der Waals surface area contributed by atoms with E-state index in [9.17, 15) is 19.2 Å². The van der Waals surface area contributed by atoms with Crippen LogP contribution in [0.4, 0.5) is 0 Å². The smallest absolute Gasteiger partial charge is 0.307 e. The third kappa shape index (κ3) is 11.2. The maximum atomic E-state index is 14.6. The highest BCUT2D eigenvalue weighted by molar-refractivity contribution is 5.82. The SMILES string of the molecule is COC(=O)CC(NC(=O)CC(NC(=O)CC(NC(=O)CC(N)[C@@H]1O[C@@H]2OC(C)(C)O[C@@H]2[C@H]1OC)[C@H]1O[C@@H]2OC(C)(C)O[C@@H]2[C@H]1OC)[C@@H]1O[C@@H]2OC(C)(C)O[C@@H]2[C@H]1OC)[C@H]1O[C@@H]2OC(C)(C)O[C@@H]2[C@H]1OC. The molecule has 0 aromatic heterocycles. The Bertz CT molecular complexity index is 1910. The Kier molecular flexibility index (Phi) is 15.7. The molecule has 25 nitrogen and oxygen atoms in total. The second kappa shape index (κ2) is 20.5. The summed E-state index contributed by atoms with van der Waals surface area (Å²) in [5.41, 5.74) is 6.64. The highest BCUT2D eigenvalue weighted by Crippen LogP contribution is 2.44. The fourth-order valence-corrected chi connectivity index (χ4v) is 10.9. The Labute approximate surface area is 406 Å². The monoisotopic (exact) mass is 1000 g/mol. The Morgan fingerprint density at radius 1 is 0.429 bits per heavy atom. The summed E-state index contributed by atoms with van der Waals surface area (Å²) in [5, 5.41) is 8.83. The summed E-state index contributed by atoms with van der Waals surface area (Å²) in [5.74, 6) is -6.35. The van der Waals surface area contributed by atoms with Gasteiger partial charge in [-0.2, -0.15) is 0 Å². The Morgan fingerprint density at radius 2 is 0.700 bits per heavy atom. The van der Waals surface area contributed by atoms with Crippen LogP contribution in [0.1, 0.15) is 81.1 Å². The molecular formula is C45H72N4O21. The standard InChI is InChI=1S/C45H72N4O21/c1-42(2)63-34-30(55-10)26(59-38(34)67-42)18(46)14-22(50)47-19(27-31(56-11)35-39(60-27)68-43(3,4)64-35)15-23(51)48-20(28-32(57-12)36-40(61-28)69-44(5,6)65-36)16-24(52)49-21(17-25(53)54-9)29-33(58-13)37-41(62-29)70-45(7,8)66-37/h18-21,26-41H,14-17,46H2,1-13H3,(H,47,50)(H,48,51)(H,49,52)/t18?,19?,20?,21?,26-,27+,28-,29+,30-,31-,32-,33-,34+,35+,36+,37+,38+,39+,40+,41+/m0/s1. The van der Waals surface area contributed by atoms with Crippen molar-refractivity contribution in [2.45, 2.75) is 227 Å². The predicted molar refractivity (Wildman–Crippen MR) is 232 cm³/mol. The first-order chi connectivity index (χ1) is 32.9. The molecule has 25 heteroatoms. The first kappa shape index (κ1) is 53.5. The van der Waals surface area contributed by atoms with E-state index >= 15 is 0 Å². The minimum atomic E-state index is -1.13. The van der Waals surface area contributed by atoms with Crippen molar-refractivity contribution in [1.29, 1.82) is 0 Å². The molecule has 0 aliphatic carbocycles. The van der Waals surface area contributed by atoms with E-state index in [-0.39, 0.29) is 12.8 Å². The summed E-state index contributed by atoms with van der Waals surface area (Å²) in [6.45, 7) is 13.9. The number of hydrogen-bond acceptors (Lipinski definition) is 22. The van der Waals surface area contributed by atoms with Gasteiger partial charge >= 0.3 is 5.97 Å². The minimum Gasteiger partial charge on any atom is -0.469 e. The molecule has 8 aliphatic rings. The lowest BCUT2D eigenvalue weighted by molar-refractivity contribution is -0.221. The quantitative estimate of drug-likeness (QED) is 0.114. The zero-order valence-electron chi connectivity index (χ0n) is 42.0. The van der Waals surface area contributed by atoms with Gasteiger partial charge in [0.2, 0.25) is 17.7 Å². The molecule has 398 valence electrons. The maximum absolute atomic E-state index is 14.6. The number of esters is 1. The number of rotatable bonds is 19. The molecule has 70 heavy (non-hydrogen) atoms. The van der Waals surface area contributed by atoms with Gasteiger partial charge in [-0.25, -0.2) is 0 Å². The second-order valence-electron chi connectivity index (χ2n) is 20.7. The van der Waals surface area contributed by atoms with Gasteiger partial charge in [-0.1, -0.05) is 0 Å². The van der Waals surface area contributed by atoms with Crippen molar-refractivity contribution in [3.63, 3.8) is 0 Å². The van der Waals surface area contributed by atoms with Gasteiger partial charge in [0.1, 0.15) is 73.2 Å². The second-order valence-corrected chi connectivity index (χ2v) is 20.7. The van der Waals surface area contributed by atoms with Gasteiger partial charge < -0.3 is 102 Å². The molecule has 8 saturated heterocycles. The van der Waals surface area contributed by atoms with E-state index in [4.69, 9.17) is 86.3 Å². The van der Waals surface area contributed by atoms with Crippen molar-refractivity contribution in [3.05, 3.63) is 0 Å². The number of nitrogens with one attached hydrogen (secondary N) is 3. The highest BCUT2D eigenvalue weighted by atomic mass is 16.9. The van der Waals surface area contributed by atoms with Gasteiger partial charge in [-0.3, -0.25) is 19.2 Å². The number of carbonyl (C=O) groups excluding carboxylic acids is 4. The number of methoxy groups -OCH3 is 5. The molecule has 0 spiro atoms. The molecule has 5 N–H and O–H groups in total. The first-order valence-electron chi connectivity index (χ1n) is 23.7. The van der Waals surface area contributed by atoms with Crippen LogP contribution >= 0.6 is 0 Å². The number of fused-ring (bicyclic) bond motifs is 4. The molecule has 0 radical (unpaired) electrons. The van der Waals surface area contributed by atoms with Crippen LogP contribution in [0, 0.1) is 0 Å². The van der Waals surface area contributed by atoms with Gasteiger partial charge in [0.05, 0.1) is 31.7 Å². The van der Waals surface area contributed by atoms with Crippen LogP contribution in [0.25, 0.3) is 0 Å². The molecule has 0 aromatic rings. The van der Waals surface area contributed by atoms with Gasteiger partial charge in [-0.15, -0.1) is 0 Å². The van der Waals surface area contributed by atoms with Crippen LogP contribution in [0.3, 0.4) is 0 Å². The summed E-state index contributed by atoms with van der Waals surface area (Å²) in [6, 6.07) is -4.14. The average molecular weight is 1010 g/mol. The van der Waals surface area contributed by atoms with Gasteiger partial charge in [0, 0.05) is 53.7 Å². The molecule has 0 aromatic carbocycles. The van der Waals surface area contributed by atoms with Crippen LogP contribution in [0.5, 0.6) is 0 Å². The van der Waals surface area contributed by atoms with Crippen molar-refractivity contribution < 1.29 is 99.7 Å². The van der Waals surface area contributed by atoms with Crippen molar-refractivity contribution >= 4 is 23.7 Å². The van der Waals surface area contributed by atoms with E-state index in [2.05, 4.69) is 16.0 Å². The molecule has 0 saturated carbocycles. The van der Waals surface area contributed by atoms with Crippen LogP contribution in [-0.2, 0) is 99.7 Å². The fourth-order valence-electron chi connectivity index (χ4n) is 10.9. The van der Waals surface area contributed by atoms with Gasteiger partial charge in [0.15, 0.2) is 48.3 Å². The lowest BCUT2D eigenvalue weighted by Crippen LogP contribution is -2.57. The molecular weight excluding hydrogens is 933 g/mol. The Hall–Kier alpha value is -2.80. The number of nitrogens with two attached hydrogens (primary N) is 1. The zero-order valence-corrected chi connectivity index (χ0v) is 42.0. The summed E-state index contributed by atoms with van der Waals surface area (Å²) in [4.78, 5) is 56.0. The molecule has 4 unspecified atom stereocenters. The van der Waals surface area contributed by atoms with E-state index in [1.54, 1.807) is 55.4 Å². The average Bonchev–Trinajstić information content (AvgIpc) is 4.13. The minimum absolute atomic E-state index is 0.269. The van der Waals surface area contributed by atoms with Crippen LogP contribution in [0.2, 0.25) is 0 Å². The van der Waals surface area contributed by atoms with Crippen molar-refractivity contribution in [2.24, 2.45) is 5.73 Å². The lowest BCUT2D eigenvalue weighted by atomic mass is 9.96. The largest absolute Gasteiger partial charge is 0.469 e. The molecule has 0 bridgehead atoms. The van der Waals surface area contributed by atoms with E-state index < -0.39 is 182 Å². The predicted octanol–water partition coefficient (Wildman–Crippen LogP) is -0.933. The highest BCUT2D eigenvalue weighted by Gasteiger charge is 2.61. The van der Waals surface area contributed by atoms with Gasteiger partial charge in [-0.05, 0) is 55.4 Å². The summed E-state index contributed by atoms with van der Waals surface area (Å²) < 4.78 is 102. The number of hydrogen-bond donors (Lipinski definition) is 4. The topological polar surface area (TPSA) is 287 Å². The molecule has 8 heterocycles. The third-order valence-corrected chi connectivity index (χ3v) is 13.7. The Morgan fingerprint density at radius 3 is 1.00 bits per heavy atom. The fraction of sp³-hybridized carbons (Fsp3) is 0.911. The third-order valence-electron chi connectivity index (χ3n) is 13.7. The van der Waals surface area contributed by atoms with Crippen LogP contribution < -0.4 is 21.7 Å². The summed E-state index contributed by atoms with van der Waals surface area (Å²) >= 11 is 0. The number of amides is 3. The Balaban J connectivity index is 1.02. The molecule has 8 fully saturated rings. The van der Waals surface area contributed by atoms with Crippen molar-refractivity contribution in [1.82, 2.24) is 16.0 Å². The van der Waals surface area contributed by atoms with Crippen LogP contribution in [-0.4, -0.2) is 205 Å². The van der Waals surface area contributed by atoms with Gasteiger partial charge in [0.25, 0.3) is 0 Å². The maximum Gasteiger partial charge on any atom is 0.307 e. The molecule has 8 aliphatic heterocycles.